The fraction of sp³-hybridized carbons (Fsp3) is 0.400. The second-order valence-electron chi connectivity index (χ2n) is 3.31. The number of fused-ring (bicyclic) bond motifs is 1. The van der Waals surface area contributed by atoms with Crippen molar-refractivity contribution < 1.29 is 14.3 Å². The summed E-state index contributed by atoms with van der Waals surface area (Å²) in [5, 5.41) is 0. The van der Waals surface area contributed by atoms with E-state index in [2.05, 4.69) is 4.74 Å². The Hall–Kier alpha value is -1.58. The van der Waals surface area contributed by atoms with Crippen molar-refractivity contribution in [1.29, 1.82) is 0 Å². The molecule has 0 spiro atoms. The molecular formula is C10H11NO3. The van der Waals surface area contributed by atoms with Gasteiger partial charge in [0.2, 0.25) is 5.91 Å². The van der Waals surface area contributed by atoms with Crippen molar-refractivity contribution in [3.63, 3.8) is 0 Å². The first kappa shape index (κ1) is 8.99. The van der Waals surface area contributed by atoms with Crippen LogP contribution < -0.4 is 0 Å². The van der Waals surface area contributed by atoms with E-state index in [4.69, 9.17) is 0 Å². The van der Waals surface area contributed by atoms with E-state index in [9.17, 15) is 9.59 Å². The molecule has 14 heavy (non-hydrogen) atoms. The summed E-state index contributed by atoms with van der Waals surface area (Å²) in [6.45, 7) is 0. The predicted molar refractivity (Wildman–Crippen MR) is 49.0 cm³/mol. The number of rotatable bonds is 1. The molecule has 0 aromatic carbocycles. The molecule has 0 aliphatic carbocycles. The number of ether oxygens (including phenoxy) is 1. The van der Waals surface area contributed by atoms with Gasteiger partial charge in [-0.15, -0.1) is 0 Å². The van der Waals surface area contributed by atoms with Crippen molar-refractivity contribution in [3.8, 4) is 0 Å². The molecule has 0 fully saturated rings. The Morgan fingerprint density at radius 2 is 2.43 bits per heavy atom. The summed E-state index contributed by atoms with van der Waals surface area (Å²) in [5.74, 6) is -0.504. The Labute approximate surface area is 81.5 Å². The van der Waals surface area contributed by atoms with Crippen molar-refractivity contribution in [3.05, 3.63) is 24.0 Å². The van der Waals surface area contributed by atoms with Gasteiger partial charge in [-0.2, -0.15) is 0 Å². The summed E-state index contributed by atoms with van der Waals surface area (Å²) in [5.41, 5.74) is 0.744. The molecule has 1 aliphatic rings. The fourth-order valence-electron chi connectivity index (χ4n) is 1.82. The van der Waals surface area contributed by atoms with Gasteiger partial charge in [0.05, 0.1) is 13.0 Å². The molecule has 4 heteroatoms. The highest BCUT2D eigenvalue weighted by Crippen LogP contribution is 2.28. The highest BCUT2D eigenvalue weighted by molar-refractivity contribution is 5.86. The summed E-state index contributed by atoms with van der Waals surface area (Å²) in [4.78, 5) is 22.8. The van der Waals surface area contributed by atoms with Gasteiger partial charge in [0.25, 0.3) is 0 Å². The maximum Gasteiger partial charge on any atom is 0.314 e. The van der Waals surface area contributed by atoms with Gasteiger partial charge in [0, 0.05) is 18.3 Å². The first-order valence-corrected chi connectivity index (χ1v) is 4.52. The predicted octanol–water partition coefficient (Wildman–Crippen LogP) is 1.18. The summed E-state index contributed by atoms with van der Waals surface area (Å²) < 4.78 is 6.22. The zero-order chi connectivity index (χ0) is 10.1. The third kappa shape index (κ3) is 1.23. The van der Waals surface area contributed by atoms with E-state index in [1.54, 1.807) is 18.3 Å². The van der Waals surface area contributed by atoms with Crippen LogP contribution in [0.3, 0.4) is 0 Å². The van der Waals surface area contributed by atoms with Crippen LogP contribution in [0.2, 0.25) is 0 Å². The molecule has 0 saturated carbocycles. The average Bonchev–Trinajstić information content (AvgIpc) is 2.67. The molecule has 1 aromatic rings. The van der Waals surface area contributed by atoms with Crippen LogP contribution in [-0.4, -0.2) is 23.6 Å². The van der Waals surface area contributed by atoms with E-state index in [0.717, 1.165) is 5.69 Å². The van der Waals surface area contributed by atoms with Gasteiger partial charge in [-0.25, -0.2) is 0 Å². The van der Waals surface area contributed by atoms with Crippen LogP contribution in [0.25, 0.3) is 0 Å². The Kier molecular flexibility index (Phi) is 2.11. The van der Waals surface area contributed by atoms with E-state index in [0.29, 0.717) is 12.8 Å². The lowest BCUT2D eigenvalue weighted by molar-refractivity contribution is -0.142. The van der Waals surface area contributed by atoms with Gasteiger partial charge in [0.1, 0.15) is 0 Å². The molecule has 0 amide bonds. The number of hydrogen-bond donors (Lipinski definition) is 0. The van der Waals surface area contributed by atoms with Crippen LogP contribution in [0, 0.1) is 0 Å². The first-order valence-electron chi connectivity index (χ1n) is 4.52. The maximum atomic E-state index is 11.4. The Morgan fingerprint density at radius 3 is 3.14 bits per heavy atom. The molecule has 74 valence electrons. The number of carbonyl (C=O) groups excluding carboxylic acids is 2. The summed E-state index contributed by atoms with van der Waals surface area (Å²) in [6.07, 6.45) is 2.64. The molecule has 2 heterocycles. The number of hydrogen-bond acceptors (Lipinski definition) is 3. The Bertz CT molecular complexity index is 380. The lowest BCUT2D eigenvalue weighted by Crippen LogP contribution is -2.26. The van der Waals surface area contributed by atoms with Gasteiger partial charge in [-0.3, -0.25) is 14.2 Å². The van der Waals surface area contributed by atoms with Crippen LogP contribution in [0.5, 0.6) is 0 Å². The van der Waals surface area contributed by atoms with Gasteiger partial charge < -0.3 is 4.74 Å². The Morgan fingerprint density at radius 1 is 1.64 bits per heavy atom. The highest BCUT2D eigenvalue weighted by Gasteiger charge is 2.30. The zero-order valence-corrected chi connectivity index (χ0v) is 7.90. The second kappa shape index (κ2) is 3.29. The largest absolute Gasteiger partial charge is 0.469 e. The van der Waals surface area contributed by atoms with Crippen LogP contribution in [0.15, 0.2) is 18.3 Å². The van der Waals surface area contributed by atoms with Gasteiger partial charge in [0.15, 0.2) is 0 Å². The number of esters is 1. The standard InChI is InChI=1S/C10H11NO3/c1-14-10(13)7-4-5-9(12)11-6-2-3-8(7)11/h2-3,6-7H,4-5H2,1H3. The number of methoxy groups -OCH3 is 1. The maximum absolute atomic E-state index is 11.4. The number of aromatic nitrogens is 1. The summed E-state index contributed by atoms with van der Waals surface area (Å²) >= 11 is 0. The molecule has 1 aliphatic heterocycles. The fourth-order valence-corrected chi connectivity index (χ4v) is 1.82. The molecule has 0 saturated heterocycles. The smallest absolute Gasteiger partial charge is 0.314 e. The highest BCUT2D eigenvalue weighted by atomic mass is 16.5. The van der Waals surface area contributed by atoms with E-state index in [-0.39, 0.29) is 17.8 Å². The molecule has 4 nitrogen and oxygen atoms in total. The lowest BCUT2D eigenvalue weighted by Gasteiger charge is -2.21. The van der Waals surface area contributed by atoms with Gasteiger partial charge in [-0.05, 0) is 18.6 Å². The lowest BCUT2D eigenvalue weighted by atomic mass is 9.96. The summed E-state index contributed by atoms with van der Waals surface area (Å²) in [6, 6.07) is 3.56. The van der Waals surface area contributed by atoms with Gasteiger partial charge >= 0.3 is 5.97 Å². The van der Waals surface area contributed by atoms with E-state index < -0.39 is 0 Å². The van der Waals surface area contributed by atoms with E-state index in [1.165, 1.54) is 11.7 Å². The topological polar surface area (TPSA) is 48.3 Å². The zero-order valence-electron chi connectivity index (χ0n) is 7.90. The molecular weight excluding hydrogens is 182 g/mol. The van der Waals surface area contributed by atoms with Crippen LogP contribution in [0.1, 0.15) is 29.2 Å². The Balaban J connectivity index is 2.38. The van der Waals surface area contributed by atoms with Crippen molar-refractivity contribution in [2.75, 3.05) is 7.11 Å². The van der Waals surface area contributed by atoms with Crippen molar-refractivity contribution >= 4 is 11.9 Å². The summed E-state index contributed by atoms with van der Waals surface area (Å²) in [7, 11) is 1.37. The molecule has 2 rings (SSSR count). The van der Waals surface area contributed by atoms with Crippen LogP contribution >= 0.6 is 0 Å². The third-order valence-electron chi connectivity index (χ3n) is 2.54. The molecule has 1 atom stereocenters. The van der Waals surface area contributed by atoms with Crippen LogP contribution in [-0.2, 0) is 9.53 Å². The quantitative estimate of drug-likeness (QED) is 0.629. The third-order valence-corrected chi connectivity index (χ3v) is 2.54. The van der Waals surface area contributed by atoms with Crippen molar-refractivity contribution in [2.45, 2.75) is 18.8 Å². The minimum atomic E-state index is -0.285. The molecule has 1 unspecified atom stereocenters. The minimum Gasteiger partial charge on any atom is -0.469 e. The minimum absolute atomic E-state index is 0.0464. The number of carbonyl (C=O) groups is 2. The first-order chi connectivity index (χ1) is 6.74. The molecule has 0 bridgehead atoms. The van der Waals surface area contributed by atoms with Crippen molar-refractivity contribution in [1.82, 2.24) is 4.57 Å². The SMILES string of the molecule is COC(=O)C1CCC(=O)n2cccc21. The average molecular weight is 193 g/mol. The molecule has 0 radical (unpaired) electrons. The van der Waals surface area contributed by atoms with Crippen LogP contribution in [0.4, 0.5) is 0 Å². The van der Waals surface area contributed by atoms with Gasteiger partial charge in [-0.1, -0.05) is 0 Å². The molecule has 0 N–H and O–H groups in total. The number of nitrogens with zero attached hydrogens (tertiary/aromatic N) is 1. The molecule has 1 aromatic heterocycles. The van der Waals surface area contributed by atoms with E-state index >= 15 is 0 Å². The van der Waals surface area contributed by atoms with E-state index in [1.807, 2.05) is 0 Å². The normalized spacial score (nSPS) is 20.4. The monoisotopic (exact) mass is 193 g/mol. The second-order valence-corrected chi connectivity index (χ2v) is 3.31. The van der Waals surface area contributed by atoms with Crippen molar-refractivity contribution in [2.24, 2.45) is 0 Å².